The summed E-state index contributed by atoms with van der Waals surface area (Å²) in [5, 5.41) is 4.01. The summed E-state index contributed by atoms with van der Waals surface area (Å²) in [7, 11) is 0. The number of esters is 1. The number of thiazole rings is 1. The van der Waals surface area contributed by atoms with E-state index in [4.69, 9.17) is 4.74 Å². The predicted molar refractivity (Wildman–Crippen MR) is 96.8 cm³/mol. The number of aromatic nitrogens is 2. The maximum absolute atomic E-state index is 12.1. The first-order valence-corrected chi connectivity index (χ1v) is 8.66. The van der Waals surface area contributed by atoms with E-state index >= 15 is 0 Å². The van der Waals surface area contributed by atoms with Crippen molar-refractivity contribution in [2.45, 2.75) is 13.0 Å². The van der Waals surface area contributed by atoms with Crippen LogP contribution in [0.25, 0.3) is 15.7 Å². The van der Waals surface area contributed by atoms with Gasteiger partial charge < -0.3 is 4.74 Å². The third-order valence-corrected chi connectivity index (χ3v) is 4.66. The Morgan fingerprint density at radius 2 is 1.96 bits per heavy atom. The van der Waals surface area contributed by atoms with Crippen molar-refractivity contribution in [3.63, 3.8) is 0 Å². The van der Waals surface area contributed by atoms with E-state index in [1.165, 1.54) is 21.8 Å². The number of rotatable bonds is 4. The number of carbonyl (C=O) groups excluding carboxylic acids is 1. The molecule has 0 N–H and O–H groups in total. The second kappa shape index (κ2) is 6.49. The summed E-state index contributed by atoms with van der Waals surface area (Å²) in [5.41, 5.74) is 1.18. The van der Waals surface area contributed by atoms with Gasteiger partial charge in [0.25, 0.3) is 5.56 Å². The fourth-order valence-corrected chi connectivity index (χ4v) is 3.42. The molecule has 0 amide bonds. The summed E-state index contributed by atoms with van der Waals surface area (Å²) in [6, 6.07) is 15.3. The maximum atomic E-state index is 12.1. The van der Waals surface area contributed by atoms with Crippen LogP contribution in [0.1, 0.15) is 11.3 Å². The van der Waals surface area contributed by atoms with Crippen LogP contribution in [0.5, 0.6) is 0 Å². The van der Waals surface area contributed by atoms with Gasteiger partial charge in [-0.25, -0.2) is 4.98 Å². The fraction of sp³-hybridized carbons (Fsp3) is 0.105. The van der Waals surface area contributed by atoms with Crippen molar-refractivity contribution in [3.8, 4) is 0 Å². The lowest BCUT2D eigenvalue weighted by atomic mass is 10.1. The van der Waals surface area contributed by atoms with Crippen LogP contribution in [-0.4, -0.2) is 15.4 Å². The summed E-state index contributed by atoms with van der Waals surface area (Å²) >= 11 is 1.36. The molecular formula is C19H14N2O3S. The molecule has 2 aromatic heterocycles. The highest BCUT2D eigenvalue weighted by Crippen LogP contribution is 2.16. The van der Waals surface area contributed by atoms with E-state index in [0.717, 1.165) is 16.3 Å². The minimum atomic E-state index is -0.344. The van der Waals surface area contributed by atoms with Crippen LogP contribution in [0.15, 0.2) is 64.9 Å². The fourth-order valence-electron chi connectivity index (χ4n) is 2.68. The summed E-state index contributed by atoms with van der Waals surface area (Å²) in [6.07, 6.45) is 1.86. The minimum absolute atomic E-state index is 0.00391. The predicted octanol–water partition coefficient (Wildman–Crippen LogP) is 3.20. The normalized spacial score (nSPS) is 11.0. The average molecular weight is 350 g/mol. The third kappa shape index (κ3) is 3.29. The SMILES string of the molecule is O=C(Cc1ccc2ccccc2c1)OCc1cc(=O)n2ccsc2n1. The molecule has 0 saturated carbocycles. The molecule has 0 spiro atoms. The Morgan fingerprint density at radius 3 is 2.84 bits per heavy atom. The minimum Gasteiger partial charge on any atom is -0.459 e. The third-order valence-electron chi connectivity index (χ3n) is 3.90. The first-order chi connectivity index (χ1) is 12.2. The number of nitrogens with zero attached hydrogens (tertiary/aromatic N) is 2. The summed E-state index contributed by atoms with van der Waals surface area (Å²) in [4.78, 5) is 28.9. The number of carbonyl (C=O) groups is 1. The van der Waals surface area contributed by atoms with Crippen molar-refractivity contribution in [3.05, 3.63) is 81.7 Å². The molecule has 2 aromatic carbocycles. The zero-order valence-electron chi connectivity index (χ0n) is 13.2. The monoisotopic (exact) mass is 350 g/mol. The van der Waals surface area contributed by atoms with Crippen molar-refractivity contribution >= 4 is 33.0 Å². The first-order valence-electron chi connectivity index (χ1n) is 7.78. The molecule has 0 atom stereocenters. The first kappa shape index (κ1) is 15.5. The number of hydrogen-bond acceptors (Lipinski definition) is 5. The lowest BCUT2D eigenvalue weighted by Gasteiger charge is -2.06. The van der Waals surface area contributed by atoms with E-state index in [0.29, 0.717) is 10.7 Å². The number of hydrogen-bond donors (Lipinski definition) is 0. The Kier molecular flexibility index (Phi) is 4.03. The van der Waals surface area contributed by atoms with Gasteiger partial charge in [-0.2, -0.15) is 0 Å². The zero-order valence-corrected chi connectivity index (χ0v) is 14.0. The Balaban J connectivity index is 1.44. The Bertz CT molecular complexity index is 1130. The smallest absolute Gasteiger partial charge is 0.310 e. The molecular weight excluding hydrogens is 336 g/mol. The van der Waals surface area contributed by atoms with Crippen LogP contribution in [0.4, 0.5) is 0 Å². The van der Waals surface area contributed by atoms with E-state index in [2.05, 4.69) is 4.98 Å². The lowest BCUT2D eigenvalue weighted by molar-refractivity contribution is -0.144. The van der Waals surface area contributed by atoms with Gasteiger partial charge >= 0.3 is 5.97 Å². The Hall–Kier alpha value is -2.99. The summed E-state index contributed by atoms with van der Waals surface area (Å²) < 4.78 is 6.74. The van der Waals surface area contributed by atoms with Crippen molar-refractivity contribution in [2.24, 2.45) is 0 Å². The largest absolute Gasteiger partial charge is 0.459 e. The van der Waals surface area contributed by atoms with Gasteiger partial charge in [-0.15, -0.1) is 11.3 Å². The molecule has 124 valence electrons. The van der Waals surface area contributed by atoms with Crippen LogP contribution < -0.4 is 5.56 Å². The molecule has 0 bridgehead atoms. The molecule has 0 aliphatic heterocycles. The van der Waals surface area contributed by atoms with Gasteiger partial charge in [-0.1, -0.05) is 42.5 Å². The summed E-state index contributed by atoms with van der Waals surface area (Å²) in [6.45, 7) is -0.00391. The quantitative estimate of drug-likeness (QED) is 0.530. The van der Waals surface area contributed by atoms with Gasteiger partial charge in [0.2, 0.25) is 0 Å². The van der Waals surface area contributed by atoms with Gasteiger partial charge in [-0.05, 0) is 16.3 Å². The van der Waals surface area contributed by atoms with Crippen molar-refractivity contribution < 1.29 is 9.53 Å². The van der Waals surface area contributed by atoms with Crippen LogP contribution in [0.2, 0.25) is 0 Å². The van der Waals surface area contributed by atoms with Gasteiger partial charge in [0.1, 0.15) is 6.61 Å². The molecule has 0 unspecified atom stereocenters. The average Bonchev–Trinajstić information content (AvgIpc) is 3.09. The lowest BCUT2D eigenvalue weighted by Crippen LogP contribution is -2.15. The topological polar surface area (TPSA) is 60.7 Å². The van der Waals surface area contributed by atoms with E-state index in [-0.39, 0.29) is 24.6 Å². The van der Waals surface area contributed by atoms with E-state index in [1.54, 1.807) is 11.6 Å². The standard InChI is InChI=1S/C19H14N2O3S/c22-17-11-16(20-19-21(17)7-8-25-19)12-24-18(23)10-13-5-6-14-3-1-2-4-15(14)9-13/h1-9,11H,10,12H2. The molecule has 0 aliphatic rings. The second-order valence-electron chi connectivity index (χ2n) is 5.66. The Morgan fingerprint density at radius 1 is 1.12 bits per heavy atom. The van der Waals surface area contributed by atoms with Crippen LogP contribution in [0.3, 0.4) is 0 Å². The van der Waals surface area contributed by atoms with Crippen molar-refractivity contribution in [1.29, 1.82) is 0 Å². The number of benzene rings is 2. The second-order valence-corrected chi connectivity index (χ2v) is 6.53. The molecule has 4 rings (SSSR count). The Labute approximate surface area is 147 Å². The molecule has 4 aromatic rings. The molecule has 0 fully saturated rings. The van der Waals surface area contributed by atoms with E-state index in [9.17, 15) is 9.59 Å². The van der Waals surface area contributed by atoms with E-state index in [1.807, 2.05) is 42.5 Å². The van der Waals surface area contributed by atoms with Crippen molar-refractivity contribution in [2.75, 3.05) is 0 Å². The molecule has 6 heteroatoms. The van der Waals surface area contributed by atoms with Gasteiger partial charge in [0.05, 0.1) is 12.1 Å². The maximum Gasteiger partial charge on any atom is 0.310 e. The summed E-state index contributed by atoms with van der Waals surface area (Å²) in [5.74, 6) is -0.344. The van der Waals surface area contributed by atoms with Crippen molar-refractivity contribution in [1.82, 2.24) is 9.38 Å². The molecule has 25 heavy (non-hydrogen) atoms. The van der Waals surface area contributed by atoms with Gasteiger partial charge in [-0.3, -0.25) is 14.0 Å². The molecule has 0 aliphatic carbocycles. The van der Waals surface area contributed by atoms with Gasteiger partial charge in [0, 0.05) is 17.6 Å². The van der Waals surface area contributed by atoms with Crippen LogP contribution in [0, 0.1) is 0 Å². The molecule has 2 heterocycles. The zero-order chi connectivity index (χ0) is 17.2. The number of fused-ring (bicyclic) bond motifs is 2. The molecule has 0 radical (unpaired) electrons. The molecule has 5 nitrogen and oxygen atoms in total. The highest BCUT2D eigenvalue weighted by Gasteiger charge is 2.09. The van der Waals surface area contributed by atoms with Crippen LogP contribution >= 0.6 is 11.3 Å². The van der Waals surface area contributed by atoms with Gasteiger partial charge in [0.15, 0.2) is 4.96 Å². The van der Waals surface area contributed by atoms with Crippen LogP contribution in [-0.2, 0) is 22.6 Å². The van der Waals surface area contributed by atoms with E-state index < -0.39 is 0 Å². The number of ether oxygens (including phenoxy) is 1. The highest BCUT2D eigenvalue weighted by atomic mass is 32.1. The highest BCUT2D eigenvalue weighted by molar-refractivity contribution is 7.15. The molecule has 0 saturated heterocycles.